The van der Waals surface area contributed by atoms with Crippen LogP contribution in [0.15, 0.2) is 73.1 Å². The third-order valence-corrected chi connectivity index (χ3v) is 3.86. The molecule has 3 rings (SSSR count). The summed E-state index contributed by atoms with van der Waals surface area (Å²) in [6, 6.07) is 16.3. The molecular formula is C21H17FN2O4. The standard InChI is InChI=1S/C21H17FN2O4/c1-27-18-9-7-17(8-10-18)24-20(25)19(14-5-3-2-4-6-14)28-21(26)15-11-16(22)13-23-12-15/h2-13,19H,1H3,(H,24,25)/t19-/m1/s1. The molecule has 0 spiro atoms. The molecule has 28 heavy (non-hydrogen) atoms. The van der Waals surface area contributed by atoms with Gasteiger partial charge in [-0.25, -0.2) is 9.18 Å². The third kappa shape index (κ3) is 4.70. The van der Waals surface area contributed by atoms with Crippen LogP contribution >= 0.6 is 0 Å². The zero-order valence-electron chi connectivity index (χ0n) is 15.0. The van der Waals surface area contributed by atoms with Crippen LogP contribution in [-0.4, -0.2) is 24.0 Å². The lowest BCUT2D eigenvalue weighted by atomic mass is 10.1. The number of halogens is 1. The van der Waals surface area contributed by atoms with Gasteiger partial charge in [0.15, 0.2) is 0 Å². The van der Waals surface area contributed by atoms with Gasteiger partial charge in [0, 0.05) is 17.4 Å². The summed E-state index contributed by atoms with van der Waals surface area (Å²) < 4.78 is 23.8. The van der Waals surface area contributed by atoms with Gasteiger partial charge in [0.25, 0.3) is 5.91 Å². The predicted molar refractivity (Wildman–Crippen MR) is 100 cm³/mol. The van der Waals surface area contributed by atoms with Crippen LogP contribution in [-0.2, 0) is 9.53 Å². The number of benzene rings is 2. The zero-order valence-corrected chi connectivity index (χ0v) is 15.0. The topological polar surface area (TPSA) is 77.5 Å². The predicted octanol–water partition coefficient (Wildman–Crippen LogP) is 3.77. The van der Waals surface area contributed by atoms with Crippen molar-refractivity contribution < 1.29 is 23.5 Å². The highest BCUT2D eigenvalue weighted by atomic mass is 19.1. The maximum atomic E-state index is 13.3. The molecule has 1 amide bonds. The normalized spacial score (nSPS) is 11.4. The number of carbonyl (C=O) groups excluding carboxylic acids is 2. The Bertz CT molecular complexity index is 962. The Labute approximate surface area is 160 Å². The van der Waals surface area contributed by atoms with Crippen LogP contribution in [0, 0.1) is 5.82 Å². The first-order chi connectivity index (χ1) is 13.6. The number of carbonyl (C=O) groups is 2. The number of esters is 1. The van der Waals surface area contributed by atoms with E-state index in [1.165, 1.54) is 6.20 Å². The van der Waals surface area contributed by atoms with Crippen molar-refractivity contribution in [3.8, 4) is 5.75 Å². The van der Waals surface area contributed by atoms with Crippen LogP contribution in [0.1, 0.15) is 22.0 Å². The Kier molecular flexibility index (Phi) is 5.96. The Morgan fingerprint density at radius 3 is 2.39 bits per heavy atom. The molecule has 3 aromatic rings. The SMILES string of the molecule is COc1ccc(NC(=O)[C@H](OC(=O)c2cncc(F)c2)c2ccccc2)cc1. The molecule has 142 valence electrons. The van der Waals surface area contributed by atoms with Crippen molar-refractivity contribution in [3.63, 3.8) is 0 Å². The monoisotopic (exact) mass is 380 g/mol. The lowest BCUT2D eigenvalue weighted by Gasteiger charge is -2.18. The lowest BCUT2D eigenvalue weighted by Crippen LogP contribution is -2.26. The Morgan fingerprint density at radius 1 is 1.04 bits per heavy atom. The molecule has 0 aliphatic rings. The van der Waals surface area contributed by atoms with E-state index in [0.29, 0.717) is 17.0 Å². The van der Waals surface area contributed by atoms with E-state index in [9.17, 15) is 14.0 Å². The Morgan fingerprint density at radius 2 is 1.75 bits per heavy atom. The molecule has 0 saturated heterocycles. The van der Waals surface area contributed by atoms with E-state index in [-0.39, 0.29) is 5.56 Å². The quantitative estimate of drug-likeness (QED) is 0.659. The number of anilines is 1. The zero-order chi connectivity index (χ0) is 19.9. The smallest absolute Gasteiger partial charge is 0.340 e. The van der Waals surface area contributed by atoms with Crippen LogP contribution in [0.4, 0.5) is 10.1 Å². The minimum Gasteiger partial charge on any atom is -0.497 e. The van der Waals surface area contributed by atoms with Crippen LogP contribution in [0.2, 0.25) is 0 Å². The molecule has 1 N–H and O–H groups in total. The second-order valence-corrected chi connectivity index (χ2v) is 5.81. The first kappa shape index (κ1) is 19.0. The summed E-state index contributed by atoms with van der Waals surface area (Å²) in [5.74, 6) is -1.43. The van der Waals surface area contributed by atoms with Crippen molar-refractivity contribution in [2.45, 2.75) is 6.10 Å². The number of ether oxygens (including phenoxy) is 2. The van der Waals surface area contributed by atoms with E-state index in [2.05, 4.69) is 10.3 Å². The van der Waals surface area contributed by atoms with Gasteiger partial charge in [-0.05, 0) is 30.3 Å². The van der Waals surface area contributed by atoms with Crippen molar-refractivity contribution in [1.29, 1.82) is 0 Å². The molecule has 1 atom stereocenters. The van der Waals surface area contributed by atoms with Crippen LogP contribution < -0.4 is 10.1 Å². The van der Waals surface area contributed by atoms with E-state index < -0.39 is 23.8 Å². The molecule has 0 radical (unpaired) electrons. The maximum Gasteiger partial charge on any atom is 0.340 e. The number of pyridine rings is 1. The number of hydrogen-bond donors (Lipinski definition) is 1. The van der Waals surface area contributed by atoms with Gasteiger partial charge in [-0.1, -0.05) is 30.3 Å². The number of aromatic nitrogens is 1. The van der Waals surface area contributed by atoms with E-state index in [1.54, 1.807) is 61.7 Å². The highest BCUT2D eigenvalue weighted by Gasteiger charge is 2.26. The van der Waals surface area contributed by atoms with Gasteiger partial charge in [-0.3, -0.25) is 9.78 Å². The summed E-state index contributed by atoms with van der Waals surface area (Å²) in [5.41, 5.74) is 0.902. The summed E-state index contributed by atoms with van der Waals surface area (Å²) in [7, 11) is 1.54. The number of nitrogens with one attached hydrogen (secondary N) is 1. The second kappa shape index (κ2) is 8.77. The average molecular weight is 380 g/mol. The summed E-state index contributed by atoms with van der Waals surface area (Å²) in [4.78, 5) is 28.8. The molecule has 2 aromatic carbocycles. The first-order valence-corrected chi connectivity index (χ1v) is 8.38. The van der Waals surface area contributed by atoms with Crippen LogP contribution in [0.3, 0.4) is 0 Å². The summed E-state index contributed by atoms with van der Waals surface area (Å²) in [6.45, 7) is 0. The fourth-order valence-corrected chi connectivity index (χ4v) is 2.48. The summed E-state index contributed by atoms with van der Waals surface area (Å²) >= 11 is 0. The highest BCUT2D eigenvalue weighted by molar-refractivity contribution is 5.98. The van der Waals surface area contributed by atoms with Gasteiger partial charge < -0.3 is 14.8 Å². The van der Waals surface area contributed by atoms with Crippen molar-refractivity contribution in [3.05, 3.63) is 90.0 Å². The molecular weight excluding hydrogens is 363 g/mol. The van der Waals surface area contributed by atoms with Gasteiger partial charge in [0.1, 0.15) is 11.6 Å². The van der Waals surface area contributed by atoms with Crippen LogP contribution in [0.25, 0.3) is 0 Å². The second-order valence-electron chi connectivity index (χ2n) is 5.81. The average Bonchev–Trinajstić information content (AvgIpc) is 2.73. The summed E-state index contributed by atoms with van der Waals surface area (Å²) in [5, 5.41) is 2.70. The fraction of sp³-hybridized carbons (Fsp3) is 0.0952. The van der Waals surface area contributed by atoms with Crippen molar-refractivity contribution in [2.24, 2.45) is 0 Å². The molecule has 7 heteroatoms. The van der Waals surface area contributed by atoms with Gasteiger partial charge >= 0.3 is 5.97 Å². The lowest BCUT2D eigenvalue weighted by molar-refractivity contribution is -0.125. The largest absolute Gasteiger partial charge is 0.497 e. The Hall–Kier alpha value is -3.74. The molecule has 0 fully saturated rings. The molecule has 0 saturated carbocycles. The van der Waals surface area contributed by atoms with E-state index >= 15 is 0 Å². The van der Waals surface area contributed by atoms with Crippen molar-refractivity contribution >= 4 is 17.6 Å². The van der Waals surface area contributed by atoms with Gasteiger partial charge in [-0.15, -0.1) is 0 Å². The minimum atomic E-state index is -1.22. The van der Waals surface area contributed by atoms with E-state index in [1.807, 2.05) is 0 Å². The summed E-state index contributed by atoms with van der Waals surface area (Å²) in [6.07, 6.45) is 0.926. The Balaban J connectivity index is 1.82. The van der Waals surface area contributed by atoms with Crippen molar-refractivity contribution in [2.75, 3.05) is 12.4 Å². The molecule has 0 bridgehead atoms. The maximum absolute atomic E-state index is 13.3. The highest BCUT2D eigenvalue weighted by Crippen LogP contribution is 2.23. The molecule has 0 aliphatic carbocycles. The fourth-order valence-electron chi connectivity index (χ4n) is 2.48. The molecule has 0 unspecified atom stereocenters. The van der Waals surface area contributed by atoms with Crippen molar-refractivity contribution in [1.82, 2.24) is 4.98 Å². The minimum absolute atomic E-state index is 0.0850. The van der Waals surface area contributed by atoms with Crippen LogP contribution in [0.5, 0.6) is 5.75 Å². The molecule has 1 aromatic heterocycles. The number of rotatable bonds is 6. The third-order valence-electron chi connectivity index (χ3n) is 3.86. The number of nitrogens with zero attached hydrogens (tertiary/aromatic N) is 1. The van der Waals surface area contributed by atoms with E-state index in [4.69, 9.17) is 9.47 Å². The molecule has 1 heterocycles. The number of hydrogen-bond acceptors (Lipinski definition) is 5. The first-order valence-electron chi connectivity index (χ1n) is 8.38. The van der Waals surface area contributed by atoms with E-state index in [0.717, 1.165) is 12.3 Å². The number of amides is 1. The molecule has 6 nitrogen and oxygen atoms in total. The molecule has 0 aliphatic heterocycles. The number of methoxy groups -OCH3 is 1. The van der Waals surface area contributed by atoms with Gasteiger partial charge in [0.05, 0.1) is 18.9 Å². The van der Waals surface area contributed by atoms with Gasteiger partial charge in [0.2, 0.25) is 6.10 Å². The van der Waals surface area contributed by atoms with Gasteiger partial charge in [-0.2, -0.15) is 0 Å².